The fourth-order valence-corrected chi connectivity index (χ4v) is 4.24. The Balaban J connectivity index is 1.89. The predicted octanol–water partition coefficient (Wildman–Crippen LogP) is 2.63. The molecule has 4 rings (SSSR count). The quantitative estimate of drug-likeness (QED) is 0.637. The number of amides is 1. The van der Waals surface area contributed by atoms with E-state index < -0.39 is 11.9 Å². The first-order valence-electron chi connectivity index (χ1n) is 9.66. The van der Waals surface area contributed by atoms with E-state index >= 15 is 0 Å². The van der Waals surface area contributed by atoms with Gasteiger partial charge in [0.05, 0.1) is 30.2 Å². The standard InChI is InChI=1S/C23H21N3O4/c1-29-20(27)13-30-19-8-4-7-17-22(19)21-16(23(25)28)9-10-18(21)26(17)12-15-6-3-2-5-14(15)11-24/h2-8,16H,9-10,12-13H2,1H3,(H2,25,28). The number of ether oxygens (including phenoxy) is 2. The Morgan fingerprint density at radius 2 is 2.03 bits per heavy atom. The highest BCUT2D eigenvalue weighted by Gasteiger charge is 2.34. The maximum atomic E-state index is 12.2. The molecule has 152 valence electrons. The largest absolute Gasteiger partial charge is 0.481 e. The Morgan fingerprint density at radius 1 is 1.23 bits per heavy atom. The minimum absolute atomic E-state index is 0.228. The maximum absolute atomic E-state index is 12.2. The molecule has 1 amide bonds. The van der Waals surface area contributed by atoms with Crippen molar-refractivity contribution in [2.24, 2.45) is 5.73 Å². The van der Waals surface area contributed by atoms with Gasteiger partial charge in [-0.3, -0.25) is 4.79 Å². The van der Waals surface area contributed by atoms with E-state index in [0.29, 0.717) is 30.7 Å². The Labute approximate surface area is 173 Å². The lowest BCUT2D eigenvalue weighted by Crippen LogP contribution is -2.19. The summed E-state index contributed by atoms with van der Waals surface area (Å²) in [6.07, 6.45) is 1.32. The topological polar surface area (TPSA) is 107 Å². The normalized spacial score (nSPS) is 14.9. The summed E-state index contributed by atoms with van der Waals surface area (Å²) in [6, 6.07) is 15.3. The number of primary amides is 1. The van der Waals surface area contributed by atoms with Crippen molar-refractivity contribution in [1.82, 2.24) is 4.57 Å². The maximum Gasteiger partial charge on any atom is 0.343 e. The van der Waals surface area contributed by atoms with Crippen LogP contribution in [0.15, 0.2) is 42.5 Å². The predicted molar refractivity (Wildman–Crippen MR) is 110 cm³/mol. The number of esters is 1. The molecule has 2 N–H and O–H groups in total. The third-order valence-electron chi connectivity index (χ3n) is 5.60. The first kappa shape index (κ1) is 19.5. The smallest absolute Gasteiger partial charge is 0.343 e. The second kappa shape index (κ2) is 7.91. The SMILES string of the molecule is COC(=O)COc1cccc2c1c1c(n2Cc2ccccc2C#N)CCC1C(N)=O. The van der Waals surface area contributed by atoms with Gasteiger partial charge < -0.3 is 19.8 Å². The zero-order valence-electron chi connectivity index (χ0n) is 16.6. The molecular weight excluding hydrogens is 382 g/mol. The molecule has 7 nitrogen and oxygen atoms in total. The molecule has 1 aromatic heterocycles. The molecule has 1 unspecified atom stereocenters. The molecule has 1 heterocycles. The van der Waals surface area contributed by atoms with Gasteiger partial charge in [-0.2, -0.15) is 5.26 Å². The highest BCUT2D eigenvalue weighted by atomic mass is 16.6. The molecule has 1 aliphatic rings. The molecule has 7 heteroatoms. The Kier molecular flexibility index (Phi) is 5.15. The fraction of sp³-hybridized carbons (Fsp3) is 0.261. The monoisotopic (exact) mass is 403 g/mol. The van der Waals surface area contributed by atoms with Crippen molar-refractivity contribution in [2.75, 3.05) is 13.7 Å². The van der Waals surface area contributed by atoms with Crippen molar-refractivity contribution in [2.45, 2.75) is 25.3 Å². The van der Waals surface area contributed by atoms with Gasteiger partial charge in [0.2, 0.25) is 5.91 Å². The molecule has 0 saturated heterocycles. The summed E-state index contributed by atoms with van der Waals surface area (Å²) in [5.41, 5.74) is 9.94. The minimum Gasteiger partial charge on any atom is -0.481 e. The summed E-state index contributed by atoms with van der Waals surface area (Å²) in [5.74, 6) is -0.780. The van der Waals surface area contributed by atoms with E-state index in [2.05, 4.69) is 15.4 Å². The van der Waals surface area contributed by atoms with Crippen LogP contribution in [0.4, 0.5) is 0 Å². The second-order valence-corrected chi connectivity index (χ2v) is 7.22. The van der Waals surface area contributed by atoms with Gasteiger partial charge in [0, 0.05) is 17.6 Å². The molecule has 3 aromatic rings. The molecule has 30 heavy (non-hydrogen) atoms. The molecule has 0 bridgehead atoms. The van der Waals surface area contributed by atoms with Gasteiger partial charge in [0.1, 0.15) is 5.75 Å². The van der Waals surface area contributed by atoms with Crippen LogP contribution in [-0.4, -0.2) is 30.2 Å². The van der Waals surface area contributed by atoms with E-state index in [9.17, 15) is 14.9 Å². The van der Waals surface area contributed by atoms with Crippen molar-refractivity contribution in [3.05, 3.63) is 64.8 Å². The Hall–Kier alpha value is -3.79. The zero-order chi connectivity index (χ0) is 21.3. The van der Waals surface area contributed by atoms with Gasteiger partial charge in [-0.05, 0) is 42.2 Å². The van der Waals surface area contributed by atoms with Crippen LogP contribution in [0.1, 0.15) is 34.7 Å². The van der Waals surface area contributed by atoms with Gasteiger partial charge in [-0.1, -0.05) is 24.3 Å². The van der Waals surface area contributed by atoms with Crippen LogP contribution in [0.2, 0.25) is 0 Å². The van der Waals surface area contributed by atoms with Crippen LogP contribution in [0.3, 0.4) is 0 Å². The lowest BCUT2D eigenvalue weighted by atomic mass is 9.99. The number of hydrogen-bond donors (Lipinski definition) is 1. The summed E-state index contributed by atoms with van der Waals surface area (Å²) in [4.78, 5) is 23.7. The van der Waals surface area contributed by atoms with E-state index in [4.69, 9.17) is 10.5 Å². The zero-order valence-corrected chi connectivity index (χ0v) is 16.6. The third-order valence-corrected chi connectivity index (χ3v) is 5.60. The number of carbonyl (C=O) groups is 2. The van der Waals surface area contributed by atoms with Gasteiger partial charge in [0.25, 0.3) is 0 Å². The molecule has 1 atom stereocenters. The molecule has 0 aliphatic heterocycles. The van der Waals surface area contributed by atoms with Gasteiger partial charge in [0.15, 0.2) is 6.61 Å². The first-order valence-corrected chi connectivity index (χ1v) is 9.66. The van der Waals surface area contributed by atoms with Crippen LogP contribution in [-0.2, 0) is 27.3 Å². The third kappa shape index (κ3) is 3.26. The van der Waals surface area contributed by atoms with E-state index in [1.165, 1.54) is 7.11 Å². The highest BCUT2D eigenvalue weighted by molar-refractivity contribution is 5.97. The van der Waals surface area contributed by atoms with Gasteiger partial charge in [-0.15, -0.1) is 0 Å². The molecule has 0 saturated carbocycles. The number of methoxy groups -OCH3 is 1. The second-order valence-electron chi connectivity index (χ2n) is 7.22. The fourth-order valence-electron chi connectivity index (χ4n) is 4.24. The molecule has 1 aliphatic carbocycles. The number of fused-ring (bicyclic) bond motifs is 3. The van der Waals surface area contributed by atoms with Gasteiger partial charge >= 0.3 is 5.97 Å². The summed E-state index contributed by atoms with van der Waals surface area (Å²) < 4.78 is 12.5. The van der Waals surface area contributed by atoms with Crippen molar-refractivity contribution < 1.29 is 19.1 Å². The van der Waals surface area contributed by atoms with Crippen molar-refractivity contribution in [1.29, 1.82) is 5.26 Å². The summed E-state index contributed by atoms with van der Waals surface area (Å²) in [5, 5.41) is 10.3. The lowest BCUT2D eigenvalue weighted by Gasteiger charge is -2.12. The van der Waals surface area contributed by atoms with Crippen LogP contribution < -0.4 is 10.5 Å². The van der Waals surface area contributed by atoms with Gasteiger partial charge in [-0.25, -0.2) is 4.79 Å². The summed E-state index contributed by atoms with van der Waals surface area (Å²) in [6.45, 7) is 0.259. The van der Waals surface area contributed by atoms with Crippen LogP contribution in [0.5, 0.6) is 5.75 Å². The number of nitrogens with zero attached hydrogens (tertiary/aromatic N) is 2. The van der Waals surface area contributed by atoms with Crippen LogP contribution >= 0.6 is 0 Å². The number of aromatic nitrogens is 1. The van der Waals surface area contributed by atoms with Crippen LogP contribution in [0.25, 0.3) is 10.9 Å². The molecule has 0 fully saturated rings. The summed E-state index contributed by atoms with van der Waals surface area (Å²) >= 11 is 0. The van der Waals surface area contributed by atoms with Crippen molar-refractivity contribution in [3.63, 3.8) is 0 Å². The van der Waals surface area contributed by atoms with Crippen molar-refractivity contribution >= 4 is 22.8 Å². The lowest BCUT2D eigenvalue weighted by molar-refractivity contribution is -0.142. The molecule has 0 radical (unpaired) electrons. The van der Waals surface area contributed by atoms with E-state index in [1.807, 2.05) is 30.3 Å². The van der Waals surface area contributed by atoms with Crippen LogP contribution in [0, 0.1) is 11.3 Å². The number of benzene rings is 2. The van der Waals surface area contributed by atoms with E-state index in [1.54, 1.807) is 12.1 Å². The van der Waals surface area contributed by atoms with E-state index in [-0.39, 0.29) is 12.5 Å². The highest BCUT2D eigenvalue weighted by Crippen LogP contribution is 2.44. The average Bonchev–Trinajstić information content (AvgIpc) is 3.32. The summed E-state index contributed by atoms with van der Waals surface area (Å²) in [7, 11) is 1.30. The Morgan fingerprint density at radius 3 is 2.77 bits per heavy atom. The first-order chi connectivity index (χ1) is 14.5. The Bertz CT molecular complexity index is 1190. The number of carbonyl (C=O) groups excluding carboxylic acids is 2. The van der Waals surface area contributed by atoms with Crippen molar-refractivity contribution in [3.8, 4) is 11.8 Å². The number of nitrogens with two attached hydrogens (primary N) is 1. The number of rotatable bonds is 6. The number of nitriles is 1. The molecular formula is C23H21N3O4. The van der Waals surface area contributed by atoms with E-state index in [0.717, 1.165) is 27.7 Å². The number of hydrogen-bond acceptors (Lipinski definition) is 5. The molecule has 2 aromatic carbocycles. The average molecular weight is 403 g/mol. The molecule has 0 spiro atoms. The minimum atomic E-state index is -0.488.